The van der Waals surface area contributed by atoms with E-state index in [0.717, 1.165) is 24.0 Å². The summed E-state index contributed by atoms with van der Waals surface area (Å²) in [6.07, 6.45) is 5.48. The van der Waals surface area contributed by atoms with Gasteiger partial charge in [0.15, 0.2) is 0 Å². The van der Waals surface area contributed by atoms with Gasteiger partial charge in [0.25, 0.3) is 5.91 Å². The molecule has 1 saturated heterocycles. The van der Waals surface area contributed by atoms with E-state index >= 15 is 0 Å². The molecule has 0 aromatic heterocycles. The molecule has 1 heterocycles. The lowest BCUT2D eigenvalue weighted by Gasteiger charge is -2.37. The number of methoxy groups -OCH3 is 2. The molecule has 9 heteroatoms. The van der Waals surface area contributed by atoms with Gasteiger partial charge in [-0.05, 0) is 29.7 Å². The highest BCUT2D eigenvalue weighted by Crippen LogP contribution is 2.36. The van der Waals surface area contributed by atoms with Crippen LogP contribution in [0.4, 0.5) is 0 Å². The minimum Gasteiger partial charge on any atom is -0.467 e. The zero-order chi connectivity index (χ0) is 26.0. The highest BCUT2D eigenvalue weighted by atomic mass is 35.5. The molecule has 0 saturated carbocycles. The topological polar surface area (TPSA) is 83.1 Å². The van der Waals surface area contributed by atoms with Gasteiger partial charge < -0.3 is 24.3 Å². The average molecular weight is 536 g/mol. The highest BCUT2D eigenvalue weighted by molar-refractivity contribution is 6.39. The quantitative estimate of drug-likeness (QED) is 0.320. The second kappa shape index (κ2) is 13.8. The number of benzene rings is 2. The van der Waals surface area contributed by atoms with Crippen molar-refractivity contribution in [3.8, 4) is 0 Å². The van der Waals surface area contributed by atoms with E-state index in [1.165, 1.54) is 7.11 Å². The van der Waals surface area contributed by atoms with Gasteiger partial charge in [0.05, 0.1) is 41.5 Å². The van der Waals surface area contributed by atoms with Crippen molar-refractivity contribution in [2.24, 2.45) is 0 Å². The Morgan fingerprint density at radius 3 is 2.33 bits per heavy atom. The molecule has 2 aromatic rings. The van der Waals surface area contributed by atoms with Gasteiger partial charge in [-0.2, -0.15) is 0 Å². The fourth-order valence-corrected chi connectivity index (χ4v) is 4.65. The Morgan fingerprint density at radius 1 is 1.06 bits per heavy atom. The summed E-state index contributed by atoms with van der Waals surface area (Å²) in [6.45, 7) is 2.34. The summed E-state index contributed by atoms with van der Waals surface area (Å²) in [5.41, 5.74) is 1.76. The van der Waals surface area contributed by atoms with Crippen LogP contribution in [0.2, 0.25) is 10.0 Å². The molecular formula is C27H31Cl2NO6. The number of amides is 1. The van der Waals surface area contributed by atoms with E-state index in [4.69, 9.17) is 42.1 Å². The van der Waals surface area contributed by atoms with E-state index < -0.39 is 17.9 Å². The summed E-state index contributed by atoms with van der Waals surface area (Å²) < 4.78 is 21.8. The van der Waals surface area contributed by atoms with Crippen molar-refractivity contribution in [3.63, 3.8) is 0 Å². The molecule has 1 aliphatic rings. The van der Waals surface area contributed by atoms with Gasteiger partial charge in [-0.1, -0.05) is 65.7 Å². The molecule has 1 aliphatic heterocycles. The van der Waals surface area contributed by atoms with Crippen LogP contribution in [0.15, 0.2) is 48.5 Å². The predicted molar refractivity (Wildman–Crippen MR) is 139 cm³/mol. The van der Waals surface area contributed by atoms with Crippen molar-refractivity contribution in [1.82, 2.24) is 5.32 Å². The number of rotatable bonds is 11. The minimum atomic E-state index is -0.898. The molecule has 194 valence electrons. The van der Waals surface area contributed by atoms with Crippen molar-refractivity contribution >= 4 is 41.2 Å². The molecule has 36 heavy (non-hydrogen) atoms. The summed E-state index contributed by atoms with van der Waals surface area (Å²) in [5.74, 6) is -1.12. The van der Waals surface area contributed by atoms with Crippen LogP contribution in [0.5, 0.6) is 0 Å². The molecule has 1 fully saturated rings. The van der Waals surface area contributed by atoms with Gasteiger partial charge in [0.2, 0.25) is 0 Å². The Labute approximate surface area is 221 Å². The van der Waals surface area contributed by atoms with Crippen LogP contribution in [-0.2, 0) is 29.3 Å². The van der Waals surface area contributed by atoms with E-state index in [2.05, 4.69) is 17.4 Å². The lowest BCUT2D eigenvalue weighted by Crippen LogP contribution is -2.41. The van der Waals surface area contributed by atoms with Crippen molar-refractivity contribution in [1.29, 1.82) is 0 Å². The van der Waals surface area contributed by atoms with Gasteiger partial charge in [0.1, 0.15) is 6.04 Å². The third-order valence-corrected chi connectivity index (χ3v) is 6.70. The van der Waals surface area contributed by atoms with E-state index in [-0.39, 0.29) is 27.6 Å². The van der Waals surface area contributed by atoms with Crippen LogP contribution in [0, 0.1) is 0 Å². The number of hydrogen-bond acceptors (Lipinski definition) is 6. The normalized spacial score (nSPS) is 16.0. The number of halogens is 2. The number of carbonyl (C=O) groups is 2. The van der Waals surface area contributed by atoms with Crippen molar-refractivity contribution in [2.45, 2.75) is 30.9 Å². The van der Waals surface area contributed by atoms with Gasteiger partial charge in [-0.15, -0.1) is 0 Å². The number of nitrogens with one attached hydrogen (secondary N) is 1. The molecule has 1 N–H and O–H groups in total. The maximum atomic E-state index is 12.7. The Morgan fingerprint density at radius 2 is 1.72 bits per heavy atom. The van der Waals surface area contributed by atoms with Gasteiger partial charge in [0, 0.05) is 33.2 Å². The monoisotopic (exact) mass is 535 g/mol. The first-order valence-corrected chi connectivity index (χ1v) is 12.5. The highest BCUT2D eigenvalue weighted by Gasteiger charge is 2.35. The van der Waals surface area contributed by atoms with Crippen molar-refractivity contribution in [2.75, 3.05) is 40.6 Å². The van der Waals surface area contributed by atoms with Crippen molar-refractivity contribution < 1.29 is 28.5 Å². The van der Waals surface area contributed by atoms with E-state index in [1.807, 2.05) is 24.3 Å². The average Bonchev–Trinajstić information content (AvgIpc) is 2.88. The molecule has 0 bridgehead atoms. The largest absolute Gasteiger partial charge is 0.467 e. The summed E-state index contributed by atoms with van der Waals surface area (Å²) >= 11 is 12.2. The van der Waals surface area contributed by atoms with Crippen LogP contribution < -0.4 is 5.32 Å². The molecule has 0 spiro atoms. The lowest BCUT2D eigenvalue weighted by atomic mass is 9.85. The van der Waals surface area contributed by atoms with Crippen LogP contribution in [0.25, 0.3) is 6.08 Å². The summed E-state index contributed by atoms with van der Waals surface area (Å²) in [6, 6.07) is 12.0. The van der Waals surface area contributed by atoms with E-state index in [0.29, 0.717) is 26.4 Å². The second-order valence-electron chi connectivity index (χ2n) is 8.35. The molecule has 1 atom stereocenters. The minimum absolute atomic E-state index is 0.115. The zero-order valence-corrected chi connectivity index (χ0v) is 21.9. The van der Waals surface area contributed by atoms with Gasteiger partial charge in [-0.25, -0.2) is 4.79 Å². The summed E-state index contributed by atoms with van der Waals surface area (Å²) in [4.78, 5) is 25.0. The maximum absolute atomic E-state index is 12.7. The number of hydrogen-bond donors (Lipinski definition) is 1. The lowest BCUT2D eigenvalue weighted by molar-refractivity contribution is -0.142. The Balaban J connectivity index is 1.67. The van der Waals surface area contributed by atoms with E-state index in [9.17, 15) is 9.59 Å². The predicted octanol–water partition coefficient (Wildman–Crippen LogP) is 5.04. The Hall–Kier alpha value is -2.42. The zero-order valence-electron chi connectivity index (χ0n) is 20.4. The molecule has 2 aromatic carbocycles. The molecule has 3 rings (SSSR count). The van der Waals surface area contributed by atoms with E-state index in [1.54, 1.807) is 25.3 Å². The Bertz CT molecular complexity index is 1030. The molecule has 0 aliphatic carbocycles. The standard InChI is InChI=1S/C27H31Cl2NO6/c1-33-17-18-36-27(13-15-35-16-14-27)20-11-9-19(10-12-20)5-3-8-23(26(32)34-2)30-25(31)24-21(28)6-4-7-22(24)29/h3-7,9-12,23H,8,13-18H2,1-2H3,(H,30,31)/b5-3+. The number of carbonyl (C=O) groups excluding carboxylic acids is 2. The second-order valence-corrected chi connectivity index (χ2v) is 9.17. The molecule has 1 amide bonds. The third kappa shape index (κ3) is 7.31. The first-order valence-electron chi connectivity index (χ1n) is 11.7. The summed E-state index contributed by atoms with van der Waals surface area (Å²) in [7, 11) is 2.93. The Kier molecular flexibility index (Phi) is 10.8. The van der Waals surface area contributed by atoms with Crippen LogP contribution in [0.3, 0.4) is 0 Å². The van der Waals surface area contributed by atoms with Crippen LogP contribution in [0.1, 0.15) is 40.7 Å². The summed E-state index contributed by atoms with van der Waals surface area (Å²) in [5, 5.41) is 3.06. The van der Waals surface area contributed by atoms with Gasteiger partial charge >= 0.3 is 5.97 Å². The molecule has 1 unspecified atom stereocenters. The smallest absolute Gasteiger partial charge is 0.328 e. The third-order valence-electron chi connectivity index (χ3n) is 6.07. The molecular weight excluding hydrogens is 505 g/mol. The van der Waals surface area contributed by atoms with Crippen LogP contribution in [-0.4, -0.2) is 58.6 Å². The fraction of sp³-hybridized carbons (Fsp3) is 0.407. The van der Waals surface area contributed by atoms with Gasteiger partial charge in [-0.3, -0.25) is 4.79 Å². The first kappa shape index (κ1) is 28.2. The fourth-order valence-electron chi connectivity index (χ4n) is 4.08. The van der Waals surface area contributed by atoms with Crippen molar-refractivity contribution in [3.05, 3.63) is 75.3 Å². The molecule has 7 nitrogen and oxygen atoms in total. The number of ether oxygens (including phenoxy) is 4. The molecule has 0 radical (unpaired) electrons. The first-order chi connectivity index (χ1) is 17.4. The van der Waals surface area contributed by atoms with Crippen LogP contribution >= 0.6 is 23.2 Å². The maximum Gasteiger partial charge on any atom is 0.328 e. The number of esters is 1. The SMILES string of the molecule is COCCOC1(c2ccc(/C=C/CC(NC(=O)c3c(Cl)cccc3Cl)C(=O)OC)cc2)CCOCC1.